The molecule has 68 valence electrons. The molecule has 14 heavy (non-hydrogen) atoms. The van der Waals surface area contributed by atoms with Gasteiger partial charge in [-0.2, -0.15) is 5.26 Å². The predicted molar refractivity (Wildman–Crippen MR) is 55.0 cm³/mol. The van der Waals surface area contributed by atoms with Crippen molar-refractivity contribution in [2.75, 3.05) is 0 Å². The van der Waals surface area contributed by atoms with Crippen molar-refractivity contribution in [3.63, 3.8) is 0 Å². The molecule has 0 unspecified atom stereocenters. The van der Waals surface area contributed by atoms with Crippen molar-refractivity contribution in [2.45, 2.75) is 25.2 Å². The van der Waals surface area contributed by atoms with E-state index in [9.17, 15) is 0 Å². The van der Waals surface area contributed by atoms with Crippen LogP contribution in [0.25, 0.3) is 0 Å². The fraction of sp³-hybridized carbons (Fsp3) is 0.308. The fourth-order valence-electron chi connectivity index (χ4n) is 2.90. The minimum absolute atomic E-state index is 0.533. The average Bonchev–Trinajstić information content (AvgIpc) is 2.74. The van der Waals surface area contributed by atoms with E-state index in [-0.39, 0.29) is 0 Å². The predicted octanol–water partition coefficient (Wildman–Crippen LogP) is 3.09. The van der Waals surface area contributed by atoms with Crippen LogP contribution in [0.1, 0.15) is 41.9 Å². The highest BCUT2D eigenvalue weighted by atomic mass is 14.4. The largest absolute Gasteiger partial charge is 0.192 e. The fourth-order valence-corrected chi connectivity index (χ4v) is 2.90. The first-order valence-electron chi connectivity index (χ1n) is 5.02. The van der Waals surface area contributed by atoms with Gasteiger partial charge in [-0.3, -0.25) is 0 Å². The lowest BCUT2D eigenvalue weighted by Gasteiger charge is -2.15. The van der Waals surface area contributed by atoms with Crippen LogP contribution in [0, 0.1) is 11.3 Å². The van der Waals surface area contributed by atoms with Gasteiger partial charge in [-0.1, -0.05) is 23.8 Å². The normalized spacial score (nSPS) is 27.0. The van der Waals surface area contributed by atoms with E-state index in [0.29, 0.717) is 11.8 Å². The Hall–Kier alpha value is -1.55. The zero-order valence-electron chi connectivity index (χ0n) is 8.12. The zero-order chi connectivity index (χ0) is 9.71. The lowest BCUT2D eigenvalue weighted by atomic mass is 9.89. The molecule has 2 bridgehead atoms. The molecule has 0 radical (unpaired) electrons. The maximum atomic E-state index is 9.05. The van der Waals surface area contributed by atoms with Crippen LogP contribution in [0.3, 0.4) is 0 Å². The molecule has 0 aromatic heterocycles. The van der Waals surface area contributed by atoms with Gasteiger partial charge in [0.05, 0.1) is 11.6 Å². The Balaban J connectivity index is 2.27. The van der Waals surface area contributed by atoms with Crippen LogP contribution >= 0.6 is 0 Å². The summed E-state index contributed by atoms with van der Waals surface area (Å²) in [5.74, 6) is 1.12. The summed E-state index contributed by atoms with van der Waals surface area (Å²) in [6.07, 6.45) is 3.55. The van der Waals surface area contributed by atoms with Crippen molar-refractivity contribution in [3.8, 4) is 6.07 Å². The van der Waals surface area contributed by atoms with Crippen molar-refractivity contribution < 1.29 is 0 Å². The molecule has 2 atom stereocenters. The molecule has 1 aromatic carbocycles. The van der Waals surface area contributed by atoms with E-state index in [1.54, 1.807) is 0 Å². The number of nitriles is 1. The van der Waals surface area contributed by atoms with Crippen molar-refractivity contribution in [2.24, 2.45) is 0 Å². The van der Waals surface area contributed by atoms with E-state index < -0.39 is 0 Å². The Bertz CT molecular complexity index is 476. The first-order valence-corrected chi connectivity index (χ1v) is 5.02. The van der Waals surface area contributed by atoms with Gasteiger partial charge in [-0.25, -0.2) is 0 Å². The molecule has 0 amide bonds. The van der Waals surface area contributed by atoms with E-state index in [1.165, 1.54) is 23.1 Å². The van der Waals surface area contributed by atoms with E-state index in [4.69, 9.17) is 5.26 Å². The molecule has 0 saturated heterocycles. The van der Waals surface area contributed by atoms with Crippen LogP contribution in [0.5, 0.6) is 0 Å². The molecule has 0 saturated carbocycles. The van der Waals surface area contributed by atoms with Gasteiger partial charge in [0, 0.05) is 11.8 Å². The number of benzene rings is 1. The van der Waals surface area contributed by atoms with Crippen LogP contribution < -0.4 is 0 Å². The van der Waals surface area contributed by atoms with E-state index in [1.807, 2.05) is 12.1 Å². The molecule has 2 aliphatic carbocycles. The number of fused-ring (bicyclic) bond motifs is 5. The third-order valence-electron chi connectivity index (χ3n) is 3.51. The monoisotopic (exact) mass is 181 g/mol. The maximum absolute atomic E-state index is 9.05. The summed E-state index contributed by atoms with van der Waals surface area (Å²) >= 11 is 0. The van der Waals surface area contributed by atoms with Gasteiger partial charge >= 0.3 is 0 Å². The minimum atomic E-state index is 0.533. The van der Waals surface area contributed by atoms with Crippen molar-refractivity contribution in [1.29, 1.82) is 5.26 Å². The second-order valence-electron chi connectivity index (χ2n) is 4.23. The number of hydrogen-bond donors (Lipinski definition) is 0. The highest BCUT2D eigenvalue weighted by Crippen LogP contribution is 2.52. The molecule has 0 heterocycles. The number of nitrogens with zero attached hydrogens (tertiary/aromatic N) is 1. The van der Waals surface area contributed by atoms with Crippen molar-refractivity contribution in [3.05, 3.63) is 46.5 Å². The molecule has 0 N–H and O–H groups in total. The quantitative estimate of drug-likeness (QED) is 0.564. The van der Waals surface area contributed by atoms with Crippen LogP contribution in [-0.2, 0) is 0 Å². The molecule has 1 aromatic rings. The second kappa shape index (κ2) is 2.48. The van der Waals surface area contributed by atoms with Crippen LogP contribution in [-0.4, -0.2) is 0 Å². The Morgan fingerprint density at radius 3 is 3.07 bits per heavy atom. The van der Waals surface area contributed by atoms with Gasteiger partial charge in [0.25, 0.3) is 0 Å². The summed E-state index contributed by atoms with van der Waals surface area (Å²) in [7, 11) is 0. The summed E-state index contributed by atoms with van der Waals surface area (Å²) in [5.41, 5.74) is 5.02. The Labute approximate surface area is 83.7 Å². The molecule has 2 aliphatic rings. The van der Waals surface area contributed by atoms with Crippen LogP contribution in [0.4, 0.5) is 0 Å². The summed E-state index contributed by atoms with van der Waals surface area (Å²) in [6.45, 7) is 2.18. The number of hydrogen-bond acceptors (Lipinski definition) is 1. The lowest BCUT2D eigenvalue weighted by Crippen LogP contribution is -1.99. The first kappa shape index (κ1) is 7.82. The highest BCUT2D eigenvalue weighted by molar-refractivity contribution is 5.57. The third kappa shape index (κ3) is 0.786. The second-order valence-corrected chi connectivity index (χ2v) is 4.23. The summed E-state index contributed by atoms with van der Waals surface area (Å²) in [6, 6.07) is 8.41. The van der Waals surface area contributed by atoms with Gasteiger partial charge in [0.1, 0.15) is 0 Å². The molecular formula is C13H11N. The van der Waals surface area contributed by atoms with E-state index >= 15 is 0 Å². The van der Waals surface area contributed by atoms with Crippen LogP contribution in [0.2, 0.25) is 0 Å². The lowest BCUT2D eigenvalue weighted by molar-refractivity contribution is 0.784. The Morgan fingerprint density at radius 1 is 1.43 bits per heavy atom. The topological polar surface area (TPSA) is 23.8 Å². The van der Waals surface area contributed by atoms with Crippen LogP contribution in [0.15, 0.2) is 29.8 Å². The summed E-state index contributed by atoms with van der Waals surface area (Å²) in [5, 5.41) is 9.05. The van der Waals surface area contributed by atoms with Gasteiger partial charge in [-0.05, 0) is 30.5 Å². The Morgan fingerprint density at radius 2 is 2.29 bits per heavy atom. The average molecular weight is 181 g/mol. The smallest absolute Gasteiger partial charge is 0.0994 e. The molecule has 0 fully saturated rings. The van der Waals surface area contributed by atoms with E-state index in [2.05, 4.69) is 25.1 Å². The number of allylic oxidation sites excluding steroid dienone is 2. The highest BCUT2D eigenvalue weighted by Gasteiger charge is 2.37. The molecule has 0 aliphatic heterocycles. The standard InChI is InChI=1S/C13H11N/c1-8-5-10-6-12(8)13-9(7-14)3-2-4-11(10)13/h2-5,10,12H,6H2,1H3/t10-,12-/m0/s1. The van der Waals surface area contributed by atoms with Gasteiger partial charge in [0.15, 0.2) is 0 Å². The molecule has 1 nitrogen and oxygen atoms in total. The minimum Gasteiger partial charge on any atom is -0.192 e. The molecule has 3 rings (SSSR count). The maximum Gasteiger partial charge on any atom is 0.0994 e. The SMILES string of the molecule is CC1=C[C@H]2C[C@@H]1c1c(C#N)cccc12. The van der Waals surface area contributed by atoms with Crippen molar-refractivity contribution >= 4 is 0 Å². The van der Waals surface area contributed by atoms with Gasteiger partial charge in [-0.15, -0.1) is 0 Å². The Kier molecular flexibility index (Phi) is 1.39. The zero-order valence-corrected chi connectivity index (χ0v) is 8.12. The number of rotatable bonds is 0. The molecule has 0 spiro atoms. The first-order chi connectivity index (χ1) is 6.81. The third-order valence-corrected chi connectivity index (χ3v) is 3.51. The molecular weight excluding hydrogens is 170 g/mol. The summed E-state index contributed by atoms with van der Waals surface area (Å²) in [4.78, 5) is 0. The van der Waals surface area contributed by atoms with Crippen molar-refractivity contribution in [1.82, 2.24) is 0 Å². The van der Waals surface area contributed by atoms with E-state index in [0.717, 1.165) is 5.56 Å². The summed E-state index contributed by atoms with van der Waals surface area (Å²) < 4.78 is 0. The van der Waals surface area contributed by atoms with Gasteiger partial charge in [0.2, 0.25) is 0 Å². The molecule has 1 heteroatoms. The van der Waals surface area contributed by atoms with Gasteiger partial charge < -0.3 is 0 Å².